The Morgan fingerprint density at radius 1 is 1.03 bits per heavy atom. The second-order valence-electron chi connectivity index (χ2n) is 6.13. The van der Waals surface area contributed by atoms with Gasteiger partial charge in [-0.2, -0.15) is 0 Å². The maximum Gasteiger partial charge on any atom is 0.375 e. The van der Waals surface area contributed by atoms with Crippen molar-refractivity contribution in [2.45, 2.75) is 13.5 Å². The molecule has 0 unspecified atom stereocenters. The zero-order valence-electron chi connectivity index (χ0n) is 16.2. The summed E-state index contributed by atoms with van der Waals surface area (Å²) in [5.41, 5.74) is 1.18. The fourth-order valence-electron chi connectivity index (χ4n) is 2.73. The molecule has 1 N–H and O–H groups in total. The van der Waals surface area contributed by atoms with Crippen LogP contribution in [0.3, 0.4) is 0 Å². The maximum atomic E-state index is 12.4. The molecule has 0 atom stereocenters. The van der Waals surface area contributed by atoms with E-state index in [0.717, 1.165) is 11.1 Å². The van der Waals surface area contributed by atoms with Gasteiger partial charge in [0.2, 0.25) is 5.76 Å². The molecule has 0 radical (unpaired) electrons. The minimum absolute atomic E-state index is 0.0554. The van der Waals surface area contributed by atoms with Gasteiger partial charge in [0, 0.05) is 17.6 Å². The number of rotatable bonds is 10. The molecule has 152 valence electrons. The molecule has 0 saturated carbocycles. The van der Waals surface area contributed by atoms with E-state index >= 15 is 0 Å². The Kier molecular flexibility index (Phi) is 7.24. The number of esters is 1. The van der Waals surface area contributed by atoms with E-state index in [0.29, 0.717) is 30.9 Å². The molecule has 0 aliphatic rings. The molecule has 1 heterocycles. The fraction of sp³-hybridized carbons (Fsp3) is 0.273. The first-order chi connectivity index (χ1) is 14.2. The van der Waals surface area contributed by atoms with Gasteiger partial charge in [-0.1, -0.05) is 36.4 Å². The lowest BCUT2D eigenvalue weighted by Gasteiger charge is -2.08. The van der Waals surface area contributed by atoms with Crippen molar-refractivity contribution in [2.24, 2.45) is 0 Å². The highest BCUT2D eigenvalue weighted by Crippen LogP contribution is 2.27. The van der Waals surface area contributed by atoms with Crippen LogP contribution in [0.25, 0.3) is 11.0 Å². The molecule has 0 aliphatic carbocycles. The Morgan fingerprint density at radius 2 is 1.79 bits per heavy atom. The van der Waals surface area contributed by atoms with E-state index in [4.69, 9.17) is 18.6 Å². The number of fused-ring (bicyclic) bond motifs is 1. The minimum atomic E-state index is -0.702. The molecule has 0 saturated heterocycles. The zero-order valence-corrected chi connectivity index (χ0v) is 16.2. The zero-order chi connectivity index (χ0) is 20.5. The van der Waals surface area contributed by atoms with Crippen molar-refractivity contribution in [3.63, 3.8) is 0 Å². The van der Waals surface area contributed by atoms with E-state index in [9.17, 15) is 9.59 Å². The maximum absolute atomic E-state index is 12.4. The molecule has 2 aromatic carbocycles. The van der Waals surface area contributed by atoms with Gasteiger partial charge in [0.15, 0.2) is 6.61 Å². The normalized spacial score (nSPS) is 10.7. The summed E-state index contributed by atoms with van der Waals surface area (Å²) < 4.78 is 21.7. The van der Waals surface area contributed by atoms with Crippen molar-refractivity contribution in [1.82, 2.24) is 5.32 Å². The molecule has 0 aliphatic heterocycles. The monoisotopic (exact) mass is 397 g/mol. The Labute approximate surface area is 168 Å². The standard InChI is InChI=1S/C22H23NO6/c1-2-26-14-18-17-10-6-7-11-19(17)29-21(18)22(25)28-15-20(24)23-12-13-27-16-8-4-3-5-9-16/h3-11H,2,12-15H2,1H3,(H,23,24). The highest BCUT2D eigenvalue weighted by molar-refractivity contribution is 5.96. The number of ether oxygens (including phenoxy) is 3. The minimum Gasteiger partial charge on any atom is -0.492 e. The predicted octanol–water partition coefficient (Wildman–Crippen LogP) is 3.32. The number of carbonyl (C=O) groups is 2. The molecular formula is C22H23NO6. The van der Waals surface area contributed by atoms with Crippen molar-refractivity contribution < 1.29 is 28.2 Å². The lowest BCUT2D eigenvalue weighted by Crippen LogP contribution is -2.32. The molecule has 1 aromatic heterocycles. The molecule has 29 heavy (non-hydrogen) atoms. The summed E-state index contributed by atoms with van der Waals surface area (Å²) >= 11 is 0. The molecule has 7 nitrogen and oxygen atoms in total. The number of amides is 1. The van der Waals surface area contributed by atoms with Gasteiger partial charge in [-0.25, -0.2) is 4.79 Å². The van der Waals surface area contributed by atoms with E-state index in [1.165, 1.54) is 0 Å². The van der Waals surface area contributed by atoms with Crippen LogP contribution in [0.4, 0.5) is 0 Å². The topological polar surface area (TPSA) is 87.0 Å². The summed E-state index contributed by atoms with van der Waals surface area (Å²) in [7, 11) is 0. The molecule has 3 rings (SSSR count). The molecule has 0 spiro atoms. The third kappa shape index (κ3) is 5.58. The van der Waals surface area contributed by atoms with Gasteiger partial charge in [0.05, 0.1) is 13.2 Å². The smallest absolute Gasteiger partial charge is 0.375 e. The first-order valence-electron chi connectivity index (χ1n) is 9.39. The van der Waals surface area contributed by atoms with E-state index in [-0.39, 0.29) is 12.4 Å². The van der Waals surface area contributed by atoms with E-state index < -0.39 is 18.5 Å². The summed E-state index contributed by atoms with van der Waals surface area (Å²) in [6, 6.07) is 16.6. The largest absolute Gasteiger partial charge is 0.492 e. The van der Waals surface area contributed by atoms with Crippen LogP contribution >= 0.6 is 0 Å². The Balaban J connectivity index is 1.50. The van der Waals surface area contributed by atoms with Crippen LogP contribution < -0.4 is 10.1 Å². The number of benzene rings is 2. The summed E-state index contributed by atoms with van der Waals surface area (Å²) in [4.78, 5) is 24.4. The average Bonchev–Trinajstić information content (AvgIpc) is 3.13. The SMILES string of the molecule is CCOCc1c(C(=O)OCC(=O)NCCOc2ccccc2)oc2ccccc12. The van der Waals surface area contributed by atoms with Crippen molar-refractivity contribution in [1.29, 1.82) is 0 Å². The van der Waals surface area contributed by atoms with Crippen LogP contribution in [0.2, 0.25) is 0 Å². The van der Waals surface area contributed by atoms with Gasteiger partial charge in [-0.3, -0.25) is 4.79 Å². The predicted molar refractivity (Wildman–Crippen MR) is 107 cm³/mol. The molecule has 7 heteroatoms. The van der Waals surface area contributed by atoms with Crippen molar-refractivity contribution >= 4 is 22.8 Å². The van der Waals surface area contributed by atoms with Gasteiger partial charge in [-0.15, -0.1) is 0 Å². The van der Waals surface area contributed by atoms with Gasteiger partial charge in [0.1, 0.15) is 17.9 Å². The number of hydrogen-bond donors (Lipinski definition) is 1. The lowest BCUT2D eigenvalue weighted by molar-refractivity contribution is -0.124. The molecule has 1 amide bonds. The molecule has 0 fully saturated rings. The van der Waals surface area contributed by atoms with Gasteiger partial charge in [0.25, 0.3) is 5.91 Å². The molecular weight excluding hydrogens is 374 g/mol. The van der Waals surface area contributed by atoms with Gasteiger partial charge < -0.3 is 23.9 Å². The lowest BCUT2D eigenvalue weighted by atomic mass is 10.1. The van der Waals surface area contributed by atoms with Crippen LogP contribution in [-0.4, -0.2) is 38.2 Å². The van der Waals surface area contributed by atoms with Crippen LogP contribution in [0.5, 0.6) is 5.75 Å². The Hall–Kier alpha value is -3.32. The first kappa shape index (κ1) is 20.4. The van der Waals surface area contributed by atoms with Crippen molar-refractivity contribution in [2.75, 3.05) is 26.4 Å². The van der Waals surface area contributed by atoms with Gasteiger partial charge in [-0.05, 0) is 25.1 Å². The van der Waals surface area contributed by atoms with Crippen LogP contribution in [-0.2, 0) is 20.9 Å². The van der Waals surface area contributed by atoms with E-state index in [1.54, 1.807) is 6.07 Å². The average molecular weight is 397 g/mol. The number of furan rings is 1. The second kappa shape index (κ2) is 10.3. The third-order valence-corrected chi connectivity index (χ3v) is 4.10. The summed E-state index contributed by atoms with van der Waals surface area (Å²) in [5.74, 6) is -0.344. The highest BCUT2D eigenvalue weighted by atomic mass is 16.5. The van der Waals surface area contributed by atoms with Crippen molar-refractivity contribution in [3.8, 4) is 5.75 Å². The highest BCUT2D eigenvalue weighted by Gasteiger charge is 2.22. The van der Waals surface area contributed by atoms with Crippen LogP contribution in [0.1, 0.15) is 23.0 Å². The number of hydrogen-bond acceptors (Lipinski definition) is 6. The summed E-state index contributed by atoms with van der Waals surface area (Å²) in [6.07, 6.45) is 0. The summed E-state index contributed by atoms with van der Waals surface area (Å²) in [6.45, 7) is 2.79. The Bertz CT molecular complexity index is 950. The third-order valence-electron chi connectivity index (χ3n) is 4.10. The van der Waals surface area contributed by atoms with Crippen LogP contribution in [0.15, 0.2) is 59.0 Å². The van der Waals surface area contributed by atoms with Gasteiger partial charge >= 0.3 is 5.97 Å². The molecule has 3 aromatic rings. The van der Waals surface area contributed by atoms with Crippen molar-refractivity contribution in [3.05, 3.63) is 65.9 Å². The summed E-state index contributed by atoms with van der Waals surface area (Å²) in [5, 5.41) is 3.43. The first-order valence-corrected chi connectivity index (χ1v) is 9.39. The number of para-hydroxylation sites is 2. The quantitative estimate of drug-likeness (QED) is 0.417. The number of nitrogens with one attached hydrogen (secondary N) is 1. The Morgan fingerprint density at radius 3 is 2.59 bits per heavy atom. The fourth-order valence-corrected chi connectivity index (χ4v) is 2.73. The molecule has 0 bridgehead atoms. The van der Waals surface area contributed by atoms with Crippen LogP contribution in [0, 0.1) is 0 Å². The second-order valence-corrected chi connectivity index (χ2v) is 6.13. The van der Waals surface area contributed by atoms with E-state index in [2.05, 4.69) is 5.32 Å². The number of carbonyl (C=O) groups excluding carboxylic acids is 2. The van der Waals surface area contributed by atoms with E-state index in [1.807, 2.05) is 55.5 Å².